The van der Waals surface area contributed by atoms with Crippen LogP contribution in [0.25, 0.3) is 21.9 Å². The largest absolute Gasteiger partial charge is 0.524 e. The van der Waals surface area contributed by atoms with Crippen molar-refractivity contribution in [2.45, 2.75) is 32.7 Å². The fourth-order valence-corrected chi connectivity index (χ4v) is 4.07. The van der Waals surface area contributed by atoms with Crippen LogP contribution in [-0.4, -0.2) is 29.4 Å². The van der Waals surface area contributed by atoms with E-state index >= 15 is 0 Å². The van der Waals surface area contributed by atoms with Crippen LogP contribution in [0.4, 0.5) is 5.82 Å². The summed E-state index contributed by atoms with van der Waals surface area (Å²) >= 11 is 0. The van der Waals surface area contributed by atoms with Crippen LogP contribution >= 0.6 is 7.82 Å². The first kappa shape index (κ1) is 21.1. The molecule has 0 radical (unpaired) electrons. The van der Waals surface area contributed by atoms with E-state index in [9.17, 15) is 9.67 Å². The Morgan fingerprint density at radius 3 is 2.65 bits per heavy atom. The van der Waals surface area contributed by atoms with Crippen molar-refractivity contribution < 1.29 is 24.0 Å². The molecule has 9 nitrogen and oxygen atoms in total. The smallest absolute Gasteiger partial charge is 0.504 e. The number of anilines is 1. The van der Waals surface area contributed by atoms with Crippen molar-refractivity contribution in [3.05, 3.63) is 53.9 Å². The van der Waals surface area contributed by atoms with Crippen LogP contribution < -0.4 is 10.3 Å². The molecule has 0 bridgehead atoms. The van der Waals surface area contributed by atoms with E-state index in [1.165, 1.54) is 6.07 Å². The molecule has 2 aromatic carbocycles. The molecule has 0 unspecified atom stereocenters. The van der Waals surface area contributed by atoms with Crippen LogP contribution in [0.1, 0.15) is 31.2 Å². The molecular weight excluding hydrogens is 419 g/mol. The quantitative estimate of drug-likeness (QED) is 0.317. The molecule has 162 valence electrons. The minimum atomic E-state index is -4.81. The number of nitrogens with two attached hydrogens (primary N) is 1. The first-order valence-corrected chi connectivity index (χ1v) is 11.4. The number of benzene rings is 2. The number of hydrogen-bond donors (Lipinski definition) is 4. The second kappa shape index (κ2) is 8.19. The van der Waals surface area contributed by atoms with Gasteiger partial charge < -0.3 is 19.9 Å². The highest BCUT2D eigenvalue weighted by molar-refractivity contribution is 7.46. The van der Waals surface area contributed by atoms with Gasteiger partial charge in [-0.05, 0) is 18.6 Å². The number of imidazole rings is 1. The van der Waals surface area contributed by atoms with E-state index in [0.717, 1.165) is 35.1 Å². The minimum absolute atomic E-state index is 0.215. The van der Waals surface area contributed by atoms with Gasteiger partial charge >= 0.3 is 7.82 Å². The lowest BCUT2D eigenvalue weighted by molar-refractivity contribution is 0.277. The molecular formula is C21H23N4O5P. The minimum Gasteiger partial charge on any atom is -0.504 e. The predicted octanol–water partition coefficient (Wildman–Crippen LogP) is 3.73. The van der Waals surface area contributed by atoms with E-state index in [1.807, 2.05) is 28.8 Å². The number of rotatable bonds is 7. The van der Waals surface area contributed by atoms with Gasteiger partial charge in [0.05, 0.1) is 17.6 Å². The summed E-state index contributed by atoms with van der Waals surface area (Å²) in [6.45, 7) is 2.31. The Balaban J connectivity index is 1.90. The summed E-state index contributed by atoms with van der Waals surface area (Å²) in [6, 6.07) is 12.2. The number of unbranched alkanes of at least 4 members (excludes halogenated alkanes) is 1. The molecule has 0 saturated heterocycles. The van der Waals surface area contributed by atoms with Crippen LogP contribution in [0.2, 0.25) is 0 Å². The maximum atomic E-state index is 11.2. The third-order valence-electron chi connectivity index (χ3n) is 5.07. The molecule has 5 N–H and O–H groups in total. The van der Waals surface area contributed by atoms with Gasteiger partial charge in [0.25, 0.3) is 0 Å². The lowest BCUT2D eigenvalue weighted by atomic mass is 10.1. The summed E-state index contributed by atoms with van der Waals surface area (Å²) in [6.07, 6.45) is 2.61. The Labute approximate surface area is 178 Å². The topological polar surface area (TPSA) is 144 Å². The van der Waals surface area contributed by atoms with Gasteiger partial charge in [0.2, 0.25) is 0 Å². The van der Waals surface area contributed by atoms with Crippen LogP contribution in [0, 0.1) is 0 Å². The second-order valence-electron chi connectivity index (χ2n) is 7.27. The highest BCUT2D eigenvalue weighted by Gasteiger charge is 2.22. The number of aromatic nitrogens is 3. The fourth-order valence-electron chi connectivity index (χ4n) is 3.67. The molecule has 0 atom stereocenters. The number of aromatic hydroxyl groups is 1. The molecule has 0 aliphatic heterocycles. The monoisotopic (exact) mass is 442 g/mol. The fraction of sp³-hybridized carbons (Fsp3) is 0.238. The van der Waals surface area contributed by atoms with Crippen molar-refractivity contribution in [1.82, 2.24) is 14.5 Å². The Bertz CT molecular complexity index is 1310. The number of phenols is 1. The van der Waals surface area contributed by atoms with Crippen molar-refractivity contribution in [2.75, 3.05) is 5.73 Å². The highest BCUT2D eigenvalue weighted by atomic mass is 31.2. The molecule has 31 heavy (non-hydrogen) atoms. The van der Waals surface area contributed by atoms with Crippen molar-refractivity contribution in [3.63, 3.8) is 0 Å². The number of nitrogen functional groups attached to an aromatic ring is 1. The zero-order valence-electron chi connectivity index (χ0n) is 16.9. The highest BCUT2D eigenvalue weighted by Crippen LogP contribution is 2.43. The third-order valence-corrected chi connectivity index (χ3v) is 5.51. The van der Waals surface area contributed by atoms with Crippen LogP contribution in [0.15, 0.2) is 42.5 Å². The van der Waals surface area contributed by atoms with Crippen molar-refractivity contribution in [2.24, 2.45) is 0 Å². The Morgan fingerprint density at radius 2 is 1.90 bits per heavy atom. The van der Waals surface area contributed by atoms with Gasteiger partial charge in [-0.25, -0.2) is 14.5 Å². The van der Waals surface area contributed by atoms with E-state index in [-0.39, 0.29) is 18.0 Å². The maximum Gasteiger partial charge on any atom is 0.524 e. The third kappa shape index (κ3) is 4.20. The Morgan fingerprint density at radius 1 is 1.13 bits per heavy atom. The number of para-hydroxylation sites is 2. The van der Waals surface area contributed by atoms with E-state index in [0.29, 0.717) is 23.3 Å². The normalized spacial score (nSPS) is 12.0. The first-order chi connectivity index (χ1) is 14.8. The average molecular weight is 442 g/mol. The van der Waals surface area contributed by atoms with Crippen molar-refractivity contribution in [3.8, 4) is 11.5 Å². The summed E-state index contributed by atoms with van der Waals surface area (Å²) in [5, 5.41) is 11.5. The molecule has 4 rings (SSSR count). The van der Waals surface area contributed by atoms with Gasteiger partial charge in [-0.2, -0.15) is 0 Å². The number of phosphoric acid groups is 1. The number of hydrogen-bond acceptors (Lipinski definition) is 6. The Hall–Kier alpha value is -3.13. The van der Waals surface area contributed by atoms with Crippen molar-refractivity contribution in [1.29, 1.82) is 0 Å². The summed E-state index contributed by atoms with van der Waals surface area (Å²) in [4.78, 5) is 27.4. The van der Waals surface area contributed by atoms with Crippen molar-refractivity contribution >= 4 is 35.6 Å². The Kier molecular flexibility index (Phi) is 5.58. The SMILES string of the molecule is CCCCc1nc2c(N)nc3ccccc3c2n1Cc1cccc(OP(=O)(O)O)c1O. The molecule has 2 heterocycles. The van der Waals surface area contributed by atoms with Gasteiger partial charge in [0, 0.05) is 17.4 Å². The molecule has 0 aliphatic rings. The lowest BCUT2D eigenvalue weighted by Gasteiger charge is -2.14. The molecule has 0 aliphatic carbocycles. The maximum absolute atomic E-state index is 11.2. The zero-order chi connectivity index (χ0) is 22.2. The summed E-state index contributed by atoms with van der Waals surface area (Å²) < 4.78 is 17.8. The number of pyridine rings is 1. The van der Waals surface area contributed by atoms with E-state index in [1.54, 1.807) is 12.1 Å². The standard InChI is InChI=1S/C21H23N4O5P/c1-2-3-11-17-24-18-19(14-8-4-5-9-15(14)23-21(18)22)25(17)12-13-7-6-10-16(20(13)26)30-31(27,28)29/h4-10,26H,2-3,11-12H2,1H3,(H2,22,23)(H2,27,28,29). The average Bonchev–Trinajstić information content (AvgIpc) is 3.08. The summed E-state index contributed by atoms with van der Waals surface area (Å²) in [5.41, 5.74) is 8.77. The lowest BCUT2D eigenvalue weighted by Crippen LogP contribution is -2.06. The number of phosphoric ester groups is 1. The van der Waals surface area contributed by atoms with E-state index < -0.39 is 7.82 Å². The van der Waals surface area contributed by atoms with E-state index in [2.05, 4.69) is 16.4 Å². The number of nitrogens with zero attached hydrogens (tertiary/aromatic N) is 3. The zero-order valence-corrected chi connectivity index (χ0v) is 17.8. The first-order valence-electron chi connectivity index (χ1n) is 9.88. The molecule has 4 aromatic rings. The molecule has 0 fully saturated rings. The second-order valence-corrected chi connectivity index (χ2v) is 8.44. The van der Waals surface area contributed by atoms with Gasteiger partial charge in [-0.15, -0.1) is 0 Å². The van der Waals surface area contributed by atoms with Gasteiger partial charge in [0.15, 0.2) is 17.3 Å². The van der Waals surface area contributed by atoms with Crippen LogP contribution in [0.3, 0.4) is 0 Å². The molecule has 2 aromatic heterocycles. The summed E-state index contributed by atoms with van der Waals surface area (Å²) in [7, 11) is -4.81. The predicted molar refractivity (Wildman–Crippen MR) is 118 cm³/mol. The number of aryl methyl sites for hydroxylation is 1. The molecule has 0 saturated carbocycles. The molecule has 0 amide bonds. The van der Waals surface area contributed by atoms with Gasteiger partial charge in [-0.3, -0.25) is 9.79 Å². The summed E-state index contributed by atoms with van der Waals surface area (Å²) in [5.74, 6) is 0.507. The molecule has 0 spiro atoms. The number of phenolic OH excluding ortho intramolecular Hbond substituents is 1. The molecule has 10 heteroatoms. The number of fused-ring (bicyclic) bond motifs is 3. The van der Waals surface area contributed by atoms with Crippen LogP contribution in [-0.2, 0) is 17.5 Å². The van der Waals surface area contributed by atoms with Gasteiger partial charge in [0.1, 0.15) is 11.3 Å². The van der Waals surface area contributed by atoms with Gasteiger partial charge in [-0.1, -0.05) is 43.7 Å². The van der Waals surface area contributed by atoms with E-state index in [4.69, 9.17) is 20.5 Å². The van der Waals surface area contributed by atoms with Crippen LogP contribution in [0.5, 0.6) is 11.5 Å².